The van der Waals surface area contributed by atoms with Gasteiger partial charge in [0.25, 0.3) is 0 Å². The van der Waals surface area contributed by atoms with E-state index in [0.717, 1.165) is 58.7 Å². The second-order valence-electron chi connectivity index (χ2n) is 17.5. The van der Waals surface area contributed by atoms with Crippen LogP contribution < -0.4 is 9.97 Å². The van der Waals surface area contributed by atoms with Crippen molar-refractivity contribution in [3.05, 3.63) is 83.9 Å². The molecule has 0 fully saturated rings. The third-order valence-electron chi connectivity index (χ3n) is 13.3. The Morgan fingerprint density at radius 3 is 1.48 bits per heavy atom. The summed E-state index contributed by atoms with van der Waals surface area (Å²) < 4.78 is 57.3. The first kappa shape index (κ1) is 46.2. The monoisotopic (exact) mass is 955 g/mol. The van der Waals surface area contributed by atoms with E-state index in [1.165, 1.54) is 0 Å². The summed E-state index contributed by atoms with van der Waals surface area (Å²) in [4.78, 5) is 41.1. The summed E-state index contributed by atoms with van der Waals surface area (Å²) in [5.41, 5.74) is 5.57. The van der Waals surface area contributed by atoms with Crippen LogP contribution >= 0.6 is 0 Å². The van der Waals surface area contributed by atoms with Gasteiger partial charge < -0.3 is 29.9 Å². The third-order valence-corrected chi connectivity index (χ3v) is 18.0. The fraction of sp³-hybridized carbons (Fsp3) is 0.360. The zero-order valence-corrected chi connectivity index (χ0v) is 40.4. The molecule has 1 radical (unpaired) electrons. The van der Waals surface area contributed by atoms with E-state index in [9.17, 15) is 16.8 Å². The molecule has 15 heteroatoms. The van der Waals surface area contributed by atoms with Crippen LogP contribution in [0.1, 0.15) is 92.2 Å². The van der Waals surface area contributed by atoms with Crippen molar-refractivity contribution >= 4 is 63.8 Å². The number of benzene rings is 4. The van der Waals surface area contributed by atoms with Gasteiger partial charge in [0.05, 0.1) is 43.6 Å². The zero-order valence-electron chi connectivity index (χ0n) is 37.8. The molecule has 65 heavy (non-hydrogen) atoms. The van der Waals surface area contributed by atoms with Gasteiger partial charge in [0.2, 0.25) is 0 Å². The summed E-state index contributed by atoms with van der Waals surface area (Å²) >= 11 is 0. The van der Waals surface area contributed by atoms with Crippen molar-refractivity contribution < 1.29 is 33.9 Å². The van der Waals surface area contributed by atoms with Crippen molar-refractivity contribution in [3.63, 3.8) is 0 Å². The molecule has 0 spiro atoms. The van der Waals surface area contributed by atoms with Crippen molar-refractivity contribution in [2.24, 2.45) is 11.8 Å². The summed E-state index contributed by atoms with van der Waals surface area (Å²) in [5, 5.41) is 0.958. The molecule has 2 aliphatic rings. The number of rotatable bonds is 12. The topological polar surface area (TPSA) is 174 Å². The number of fused-ring (bicyclic) bond motifs is 20. The smallest absolute Gasteiger partial charge is 0.357 e. The number of nitrogens with zero attached hydrogens (tertiary/aromatic N) is 8. The molecular formula is C50H52CuN8O4S2. The molecule has 8 bridgehead atoms. The second-order valence-corrected chi connectivity index (χ2v) is 22.2. The predicted octanol–water partition coefficient (Wildman–Crippen LogP) is 10.4. The van der Waals surface area contributed by atoms with Crippen LogP contribution in [0, 0.1) is 11.8 Å². The van der Waals surface area contributed by atoms with Gasteiger partial charge in [-0.15, -0.1) is 0 Å². The molecule has 9 rings (SSSR count). The Balaban J connectivity index is 0.00000576. The Kier molecular flexibility index (Phi) is 12.7. The Morgan fingerprint density at radius 1 is 0.462 bits per heavy atom. The van der Waals surface area contributed by atoms with Crippen LogP contribution in [0.15, 0.2) is 82.6 Å². The minimum absolute atomic E-state index is 0. The quantitative estimate of drug-likeness (QED) is 0.106. The molecule has 0 amide bonds. The van der Waals surface area contributed by atoms with Crippen LogP contribution in [0.2, 0.25) is 0 Å². The molecule has 2 aliphatic heterocycles. The minimum atomic E-state index is -3.88. The fourth-order valence-electron chi connectivity index (χ4n) is 8.66. The molecule has 0 saturated carbocycles. The van der Waals surface area contributed by atoms with Crippen molar-refractivity contribution in [2.75, 3.05) is 0 Å². The largest absolute Gasteiger partial charge is 2.00 e. The van der Waals surface area contributed by atoms with Gasteiger partial charge in [0.1, 0.15) is 0 Å². The number of hydrogen-bond donors (Lipinski definition) is 0. The molecule has 0 N–H and O–H groups in total. The molecule has 339 valence electrons. The second kappa shape index (κ2) is 17.8. The number of hydrogen-bond acceptors (Lipinski definition) is 10. The van der Waals surface area contributed by atoms with E-state index in [2.05, 4.69) is 39.8 Å². The Hall–Kier alpha value is -5.34. The van der Waals surface area contributed by atoms with Crippen molar-refractivity contribution in [1.29, 1.82) is 0 Å². The average Bonchev–Trinajstić information content (AvgIpc) is 4.04. The van der Waals surface area contributed by atoms with Crippen LogP contribution in [0.3, 0.4) is 0 Å². The van der Waals surface area contributed by atoms with Gasteiger partial charge in [0.15, 0.2) is 19.7 Å². The van der Waals surface area contributed by atoms with E-state index in [1.54, 1.807) is 50.2 Å². The molecule has 0 aliphatic carbocycles. The standard InChI is InChI=1S/C50H52N8O4S2.Cu/c1-9-27(5)25-31-17-13-19-33-39(31)48-52-43(33)51-47-40-32(26-28(6)10-2)18-14-20-34(40)44(53-47)55-49-42-36(22-16-24-38(42)64(61,62)30(8)12-4)46(57-49)58-50-41-35(45(54-48)56-50)21-15-23-37(41)63(59,60)29(7)11-3;/h13-24,27-30H,9-12,25-26H2,1-8H3;/q-2;+2. The molecule has 0 saturated heterocycles. The third kappa shape index (κ3) is 7.87. The summed E-state index contributed by atoms with van der Waals surface area (Å²) in [6, 6.07) is 22.3. The average molecular weight is 957 g/mol. The van der Waals surface area contributed by atoms with Gasteiger partial charge in [-0.25, -0.2) is 26.8 Å². The molecule has 7 aromatic rings. The van der Waals surface area contributed by atoms with Crippen molar-refractivity contribution in [2.45, 2.75) is 114 Å². The summed E-state index contributed by atoms with van der Waals surface area (Å²) in [5.74, 6) is 1.83. The predicted molar refractivity (Wildman–Crippen MR) is 254 cm³/mol. The van der Waals surface area contributed by atoms with E-state index in [0.29, 0.717) is 69.5 Å². The van der Waals surface area contributed by atoms with Crippen LogP contribution in [0.5, 0.6) is 0 Å². The first-order valence-corrected chi connectivity index (χ1v) is 25.5. The maximum atomic E-state index is 14.3. The summed E-state index contributed by atoms with van der Waals surface area (Å²) in [6.45, 7) is 15.9. The molecular weight excluding hydrogens is 904 g/mol. The van der Waals surface area contributed by atoms with Gasteiger partial charge in [-0.3, -0.25) is 0 Å². The van der Waals surface area contributed by atoms with E-state index in [-0.39, 0.29) is 49.8 Å². The van der Waals surface area contributed by atoms with Gasteiger partial charge in [-0.05, 0) is 90.8 Å². The molecule has 12 nitrogen and oxygen atoms in total. The van der Waals surface area contributed by atoms with Crippen molar-refractivity contribution in [1.82, 2.24) is 39.9 Å². The minimum Gasteiger partial charge on any atom is -0.357 e. The van der Waals surface area contributed by atoms with Gasteiger partial charge >= 0.3 is 17.1 Å². The first-order chi connectivity index (χ1) is 30.7. The summed E-state index contributed by atoms with van der Waals surface area (Å²) in [7, 11) is -7.76. The van der Waals surface area contributed by atoms with E-state index in [1.807, 2.05) is 38.1 Å². The van der Waals surface area contributed by atoms with Crippen LogP contribution in [0.4, 0.5) is 0 Å². The maximum Gasteiger partial charge on any atom is 2.00 e. The Morgan fingerprint density at radius 2 is 0.892 bits per heavy atom. The first-order valence-electron chi connectivity index (χ1n) is 22.4. The van der Waals surface area contributed by atoms with E-state index < -0.39 is 30.2 Å². The molecule has 4 atom stereocenters. The van der Waals surface area contributed by atoms with Crippen LogP contribution in [-0.2, 0) is 49.6 Å². The molecule has 4 unspecified atom stereocenters. The fourth-order valence-corrected chi connectivity index (χ4v) is 11.9. The number of sulfone groups is 2. The maximum absolute atomic E-state index is 14.3. The van der Waals surface area contributed by atoms with Gasteiger partial charge in [-0.1, -0.05) is 115 Å². The zero-order chi connectivity index (χ0) is 45.2. The molecule has 3 aromatic heterocycles. The van der Waals surface area contributed by atoms with Crippen LogP contribution in [0.25, 0.3) is 89.7 Å². The molecule has 5 heterocycles. The Labute approximate surface area is 390 Å². The summed E-state index contributed by atoms with van der Waals surface area (Å²) in [6.07, 6.45) is 4.30. The van der Waals surface area contributed by atoms with E-state index in [4.69, 9.17) is 39.9 Å². The number of aromatic nitrogens is 8. The van der Waals surface area contributed by atoms with Gasteiger partial charge in [0, 0.05) is 50.2 Å². The van der Waals surface area contributed by atoms with Crippen molar-refractivity contribution in [3.8, 4) is 45.6 Å². The SMILES string of the molecule is CCC(C)Cc1cccc2c1-c1nc-2nc2[n-]c(nc3nc(nc4[n-]c(n1)c1cccc(CC(C)CC)c41)-c1cccc(S(=O)(=O)C(C)CC)c1-3)c1cccc(S(=O)(=O)C(C)CC)c21.[Cu+2]. The molecule has 4 aromatic carbocycles. The van der Waals surface area contributed by atoms with E-state index >= 15 is 0 Å². The van der Waals surface area contributed by atoms with Gasteiger partial charge in [-0.2, -0.15) is 0 Å². The normalized spacial score (nSPS) is 14.4. The Bertz CT molecular complexity index is 3420. The van der Waals surface area contributed by atoms with Crippen LogP contribution in [-0.4, -0.2) is 57.2 Å².